The summed E-state index contributed by atoms with van der Waals surface area (Å²) < 4.78 is 35.7. The Labute approximate surface area is 219 Å². The number of fused-ring (bicyclic) bond motifs is 1. The third kappa shape index (κ3) is 5.50. The minimum absolute atomic E-state index is 0.175. The molecule has 2 unspecified atom stereocenters. The number of thiazole rings is 1. The molecule has 1 aliphatic rings. The topological polar surface area (TPSA) is 81.0 Å². The van der Waals surface area contributed by atoms with Crippen LogP contribution in [0.4, 0.5) is 0 Å². The van der Waals surface area contributed by atoms with Crippen molar-refractivity contribution >= 4 is 60.7 Å². The number of aromatic nitrogens is 1. The van der Waals surface area contributed by atoms with E-state index in [1.165, 1.54) is 39.9 Å². The first kappa shape index (κ1) is 26.3. The van der Waals surface area contributed by atoms with Gasteiger partial charge in [-0.2, -0.15) is 9.30 Å². The molecule has 1 aliphatic heterocycles. The third-order valence-electron chi connectivity index (χ3n) is 6.02. The summed E-state index contributed by atoms with van der Waals surface area (Å²) in [6.45, 7) is 5.97. The zero-order valence-corrected chi connectivity index (χ0v) is 22.8. The zero-order valence-electron chi connectivity index (χ0n) is 19.7. The van der Waals surface area contributed by atoms with Crippen LogP contribution < -0.4 is 4.80 Å². The maximum Gasteiger partial charge on any atom is 0.279 e. The molecule has 0 N–H and O–H groups in total. The first-order chi connectivity index (χ1) is 16.6. The number of nitrogens with zero attached hydrogens (tertiary/aromatic N) is 3. The lowest BCUT2D eigenvalue weighted by Crippen LogP contribution is -2.42. The van der Waals surface area contributed by atoms with Crippen LogP contribution in [0.3, 0.4) is 0 Å². The van der Waals surface area contributed by atoms with Crippen molar-refractivity contribution in [2.75, 3.05) is 26.8 Å². The maximum absolute atomic E-state index is 13.1. The smallest absolute Gasteiger partial charge is 0.279 e. The summed E-state index contributed by atoms with van der Waals surface area (Å²) in [5, 5.41) is 0.802. The molecule has 188 valence electrons. The molecule has 2 aromatic carbocycles. The van der Waals surface area contributed by atoms with Crippen molar-refractivity contribution in [1.82, 2.24) is 8.87 Å². The molecule has 11 heteroatoms. The lowest BCUT2D eigenvalue weighted by Gasteiger charge is -2.34. The Bertz CT molecular complexity index is 1410. The van der Waals surface area contributed by atoms with Crippen LogP contribution in [-0.2, 0) is 21.3 Å². The van der Waals surface area contributed by atoms with E-state index < -0.39 is 15.9 Å². The van der Waals surface area contributed by atoms with Gasteiger partial charge in [-0.25, -0.2) is 8.42 Å². The van der Waals surface area contributed by atoms with Crippen molar-refractivity contribution in [2.45, 2.75) is 31.7 Å². The van der Waals surface area contributed by atoms with Crippen LogP contribution >= 0.6 is 34.5 Å². The summed E-state index contributed by atoms with van der Waals surface area (Å²) in [5.41, 5.74) is 0.989. The standard InChI is InChI=1S/C24H27Cl2N3O4S2/c1-15-12-16(2)14-28(13-15)35(31,32)18-6-4-17(5-7-18)23(30)27-24-29(10-11-33-3)22-20(34-24)9-8-19(25)21(22)26/h4-9,15-16H,10-14H2,1-3H3. The van der Waals surface area contributed by atoms with Gasteiger partial charge < -0.3 is 9.30 Å². The number of methoxy groups -OCH3 is 1. The van der Waals surface area contributed by atoms with Gasteiger partial charge in [-0.15, -0.1) is 0 Å². The van der Waals surface area contributed by atoms with E-state index in [0.29, 0.717) is 64.0 Å². The number of halogens is 2. The number of benzene rings is 2. The van der Waals surface area contributed by atoms with Crippen LogP contribution in [0.15, 0.2) is 46.3 Å². The summed E-state index contributed by atoms with van der Waals surface area (Å²) in [6, 6.07) is 9.50. The van der Waals surface area contributed by atoms with Crippen LogP contribution in [-0.4, -0.2) is 50.0 Å². The largest absolute Gasteiger partial charge is 0.383 e. The molecule has 4 rings (SSSR count). The predicted octanol–water partition coefficient (Wildman–Crippen LogP) is 5.06. The van der Waals surface area contributed by atoms with E-state index in [1.807, 2.05) is 10.6 Å². The zero-order chi connectivity index (χ0) is 25.3. The van der Waals surface area contributed by atoms with Crippen LogP contribution in [0, 0.1) is 11.8 Å². The molecule has 0 aliphatic carbocycles. The van der Waals surface area contributed by atoms with Crippen LogP contribution in [0.1, 0.15) is 30.6 Å². The third-order valence-corrected chi connectivity index (χ3v) is 9.71. The van der Waals surface area contributed by atoms with Gasteiger partial charge in [0.15, 0.2) is 4.80 Å². The van der Waals surface area contributed by atoms with E-state index >= 15 is 0 Å². The van der Waals surface area contributed by atoms with Gasteiger partial charge >= 0.3 is 0 Å². The number of hydrogen-bond donors (Lipinski definition) is 0. The van der Waals surface area contributed by atoms with Gasteiger partial charge in [0.25, 0.3) is 5.91 Å². The van der Waals surface area contributed by atoms with Gasteiger partial charge in [0.1, 0.15) is 0 Å². The van der Waals surface area contributed by atoms with Gasteiger partial charge in [-0.1, -0.05) is 48.4 Å². The second kappa shape index (κ2) is 10.7. The second-order valence-corrected chi connectivity index (χ2v) is 12.7. The van der Waals surface area contributed by atoms with E-state index in [4.69, 9.17) is 27.9 Å². The number of hydrogen-bond acceptors (Lipinski definition) is 5. The predicted molar refractivity (Wildman–Crippen MR) is 140 cm³/mol. The maximum atomic E-state index is 13.1. The fourth-order valence-corrected chi connectivity index (χ4v) is 7.67. The van der Waals surface area contributed by atoms with Crippen molar-refractivity contribution in [2.24, 2.45) is 16.8 Å². The van der Waals surface area contributed by atoms with Crippen LogP contribution in [0.5, 0.6) is 0 Å². The molecule has 1 fully saturated rings. The fraction of sp³-hybridized carbons (Fsp3) is 0.417. The Morgan fingerprint density at radius 3 is 2.40 bits per heavy atom. The summed E-state index contributed by atoms with van der Waals surface area (Å²) in [5.74, 6) is 0.138. The van der Waals surface area contributed by atoms with E-state index in [0.717, 1.165) is 11.1 Å². The summed E-state index contributed by atoms with van der Waals surface area (Å²) in [7, 11) is -2.03. The molecule has 35 heavy (non-hydrogen) atoms. The Kier molecular flexibility index (Phi) is 8.05. The Morgan fingerprint density at radius 2 is 1.77 bits per heavy atom. The minimum Gasteiger partial charge on any atom is -0.383 e. The first-order valence-corrected chi connectivity index (χ1v) is 14.3. The van der Waals surface area contributed by atoms with Gasteiger partial charge in [0.05, 0.1) is 31.8 Å². The van der Waals surface area contributed by atoms with Crippen molar-refractivity contribution in [3.8, 4) is 0 Å². The Hall–Kier alpha value is -1.75. The fourth-order valence-electron chi connectivity index (χ4n) is 4.45. The number of carbonyl (C=O) groups is 1. The Balaban J connectivity index is 1.66. The highest BCUT2D eigenvalue weighted by atomic mass is 35.5. The molecule has 2 heterocycles. The number of amides is 1. The summed E-state index contributed by atoms with van der Waals surface area (Å²) >= 11 is 14.0. The van der Waals surface area contributed by atoms with Gasteiger partial charge in [-0.05, 0) is 54.7 Å². The average Bonchev–Trinajstić information content (AvgIpc) is 3.17. The van der Waals surface area contributed by atoms with E-state index in [2.05, 4.69) is 18.8 Å². The minimum atomic E-state index is -3.62. The van der Waals surface area contributed by atoms with Gasteiger partial charge in [-0.3, -0.25) is 4.79 Å². The van der Waals surface area contributed by atoms with Crippen molar-refractivity contribution in [3.63, 3.8) is 0 Å². The van der Waals surface area contributed by atoms with Gasteiger partial charge in [0, 0.05) is 32.3 Å². The molecule has 0 radical (unpaired) electrons. The molecule has 0 spiro atoms. The normalized spacial score (nSPS) is 20.0. The summed E-state index contributed by atoms with van der Waals surface area (Å²) in [4.78, 5) is 17.9. The summed E-state index contributed by atoms with van der Waals surface area (Å²) in [6.07, 6.45) is 1.01. The van der Waals surface area contributed by atoms with Crippen molar-refractivity contribution < 1.29 is 17.9 Å². The molecule has 1 saturated heterocycles. The molecular weight excluding hydrogens is 529 g/mol. The monoisotopic (exact) mass is 555 g/mol. The highest BCUT2D eigenvalue weighted by Gasteiger charge is 2.31. The molecule has 7 nitrogen and oxygen atoms in total. The number of sulfonamides is 1. The average molecular weight is 557 g/mol. The first-order valence-electron chi connectivity index (χ1n) is 11.3. The van der Waals surface area contributed by atoms with E-state index in [-0.39, 0.29) is 4.90 Å². The lowest BCUT2D eigenvalue weighted by molar-refractivity contribution is 0.0997. The van der Waals surface area contributed by atoms with Crippen molar-refractivity contribution in [1.29, 1.82) is 0 Å². The molecule has 3 aromatic rings. The lowest BCUT2D eigenvalue weighted by atomic mass is 9.94. The SMILES string of the molecule is COCCn1c(=NC(=O)c2ccc(S(=O)(=O)N3CC(C)CC(C)C3)cc2)sc2ccc(Cl)c(Cl)c21. The molecule has 1 aromatic heterocycles. The second-order valence-electron chi connectivity index (χ2n) is 8.95. The van der Waals surface area contributed by atoms with Crippen LogP contribution in [0.2, 0.25) is 10.0 Å². The number of piperidine rings is 1. The molecule has 1 amide bonds. The molecule has 2 atom stereocenters. The number of carbonyl (C=O) groups excluding carboxylic acids is 1. The van der Waals surface area contributed by atoms with Crippen LogP contribution in [0.25, 0.3) is 10.2 Å². The molecule has 0 bridgehead atoms. The number of rotatable bonds is 6. The highest BCUT2D eigenvalue weighted by Crippen LogP contribution is 2.32. The molecule has 0 saturated carbocycles. The van der Waals surface area contributed by atoms with Crippen molar-refractivity contribution in [3.05, 3.63) is 56.8 Å². The number of ether oxygens (including phenoxy) is 1. The van der Waals surface area contributed by atoms with E-state index in [9.17, 15) is 13.2 Å². The van der Waals surface area contributed by atoms with Gasteiger partial charge in [0.2, 0.25) is 10.0 Å². The highest BCUT2D eigenvalue weighted by molar-refractivity contribution is 7.89. The molecular formula is C24H27Cl2N3O4S2. The quantitative estimate of drug-likeness (QED) is 0.425. The Morgan fingerprint density at radius 1 is 1.11 bits per heavy atom. The van der Waals surface area contributed by atoms with E-state index in [1.54, 1.807) is 13.2 Å².